The van der Waals surface area contributed by atoms with E-state index in [2.05, 4.69) is 26.1 Å². The van der Waals surface area contributed by atoms with Crippen LogP contribution in [0.15, 0.2) is 59.6 Å². The molecule has 0 saturated heterocycles. The van der Waals surface area contributed by atoms with Gasteiger partial charge >= 0.3 is 5.97 Å². The fraction of sp³-hybridized carbons (Fsp3) is 0.448. The molecule has 1 saturated carbocycles. The van der Waals surface area contributed by atoms with E-state index < -0.39 is 11.6 Å². The highest BCUT2D eigenvalue weighted by atomic mass is 16.4. The Hall–Kier alpha value is -3.48. The van der Waals surface area contributed by atoms with Crippen LogP contribution >= 0.6 is 0 Å². The maximum Gasteiger partial charge on any atom is 0.305 e. The number of amides is 2. The fourth-order valence-corrected chi connectivity index (χ4v) is 5.29. The summed E-state index contributed by atoms with van der Waals surface area (Å²) in [6.45, 7) is 7.34. The first-order chi connectivity index (χ1) is 17.1. The third-order valence-electron chi connectivity index (χ3n) is 7.51. The Balaban J connectivity index is 1.54. The Kier molecular flexibility index (Phi) is 7.29. The SMILES string of the molecule is CC(C)(C)C1CCC2(CC1)N=C(c1ccccc1)C(=O)N2Cc1ccc(C(=O)NCCC(=O)O)cc1. The van der Waals surface area contributed by atoms with E-state index in [0.717, 1.165) is 36.8 Å². The second-order valence-electron chi connectivity index (χ2n) is 10.9. The minimum atomic E-state index is -0.955. The Morgan fingerprint density at radius 2 is 1.69 bits per heavy atom. The lowest BCUT2D eigenvalue weighted by Gasteiger charge is -2.44. The number of nitrogens with zero attached hydrogens (tertiary/aromatic N) is 2. The largest absolute Gasteiger partial charge is 0.481 e. The number of carboxylic acid groups (broad SMARTS) is 1. The van der Waals surface area contributed by atoms with Gasteiger partial charge in [-0.2, -0.15) is 0 Å². The first-order valence-corrected chi connectivity index (χ1v) is 12.7. The van der Waals surface area contributed by atoms with Gasteiger partial charge in [-0.25, -0.2) is 0 Å². The lowest BCUT2D eigenvalue weighted by molar-refractivity contribution is -0.136. The number of benzene rings is 2. The van der Waals surface area contributed by atoms with Crippen molar-refractivity contribution in [2.45, 2.75) is 65.1 Å². The maximum absolute atomic E-state index is 13.7. The lowest BCUT2D eigenvalue weighted by atomic mass is 9.69. The molecule has 2 aromatic rings. The number of nitrogens with one attached hydrogen (secondary N) is 1. The van der Waals surface area contributed by atoms with E-state index in [-0.39, 0.29) is 30.2 Å². The molecule has 36 heavy (non-hydrogen) atoms. The average Bonchev–Trinajstić information content (AvgIpc) is 3.10. The van der Waals surface area contributed by atoms with Crippen LogP contribution in [0.2, 0.25) is 0 Å². The topological polar surface area (TPSA) is 99.1 Å². The Morgan fingerprint density at radius 3 is 2.28 bits per heavy atom. The van der Waals surface area contributed by atoms with Gasteiger partial charge in [0.1, 0.15) is 11.4 Å². The monoisotopic (exact) mass is 489 g/mol. The van der Waals surface area contributed by atoms with Crippen LogP contribution in [0.5, 0.6) is 0 Å². The van der Waals surface area contributed by atoms with Crippen LogP contribution < -0.4 is 5.32 Å². The van der Waals surface area contributed by atoms with Gasteiger partial charge in [0, 0.05) is 24.2 Å². The molecule has 7 heteroatoms. The zero-order valence-corrected chi connectivity index (χ0v) is 21.3. The smallest absolute Gasteiger partial charge is 0.305 e. The minimum Gasteiger partial charge on any atom is -0.481 e. The highest BCUT2D eigenvalue weighted by molar-refractivity contribution is 6.46. The number of aliphatic imine (C=N–C) groups is 1. The van der Waals surface area contributed by atoms with E-state index >= 15 is 0 Å². The van der Waals surface area contributed by atoms with Crippen molar-refractivity contribution in [3.05, 3.63) is 71.3 Å². The molecule has 1 fully saturated rings. The number of hydrogen-bond acceptors (Lipinski definition) is 4. The Labute approximate surface area is 212 Å². The molecule has 1 aliphatic carbocycles. The molecule has 0 aromatic heterocycles. The number of rotatable bonds is 7. The van der Waals surface area contributed by atoms with Crippen molar-refractivity contribution in [1.82, 2.24) is 10.2 Å². The number of carbonyl (C=O) groups is 3. The average molecular weight is 490 g/mol. The summed E-state index contributed by atoms with van der Waals surface area (Å²) in [7, 11) is 0. The molecule has 2 aliphatic rings. The van der Waals surface area contributed by atoms with Crippen LogP contribution in [0.25, 0.3) is 0 Å². The van der Waals surface area contributed by atoms with E-state index in [9.17, 15) is 14.4 Å². The van der Waals surface area contributed by atoms with Crippen molar-refractivity contribution in [2.24, 2.45) is 16.3 Å². The minimum absolute atomic E-state index is 0.0501. The molecule has 0 radical (unpaired) electrons. The van der Waals surface area contributed by atoms with Crippen LogP contribution in [-0.4, -0.2) is 45.7 Å². The van der Waals surface area contributed by atoms with Crippen LogP contribution in [0.3, 0.4) is 0 Å². The summed E-state index contributed by atoms with van der Waals surface area (Å²) in [6, 6.07) is 16.8. The molecule has 1 aliphatic heterocycles. The second-order valence-corrected chi connectivity index (χ2v) is 10.9. The van der Waals surface area contributed by atoms with Gasteiger partial charge in [-0.3, -0.25) is 19.4 Å². The highest BCUT2D eigenvalue weighted by Gasteiger charge is 2.49. The normalized spacial score (nSPS) is 22.0. The molecule has 7 nitrogen and oxygen atoms in total. The van der Waals surface area contributed by atoms with Crippen molar-refractivity contribution in [3.8, 4) is 0 Å². The molecule has 1 heterocycles. The van der Waals surface area contributed by atoms with Crippen molar-refractivity contribution >= 4 is 23.5 Å². The molecule has 0 atom stereocenters. The maximum atomic E-state index is 13.7. The molecule has 2 N–H and O–H groups in total. The van der Waals surface area contributed by atoms with Gasteiger partial charge in [0.05, 0.1) is 6.42 Å². The predicted molar refractivity (Wildman–Crippen MR) is 139 cm³/mol. The van der Waals surface area contributed by atoms with Crippen LogP contribution in [0.1, 0.15) is 74.4 Å². The lowest BCUT2D eigenvalue weighted by Crippen LogP contribution is -2.49. The van der Waals surface area contributed by atoms with E-state index in [1.807, 2.05) is 47.4 Å². The summed E-state index contributed by atoms with van der Waals surface area (Å²) in [5.74, 6) is -0.726. The standard InChI is InChI=1S/C29H35N3O4/c1-28(2,3)23-13-16-29(17-14-23)31-25(21-7-5-4-6-8-21)27(36)32(29)19-20-9-11-22(12-10-20)26(35)30-18-15-24(33)34/h4-12,23H,13-19H2,1-3H3,(H,30,35)(H,33,34). The summed E-state index contributed by atoms with van der Waals surface area (Å²) >= 11 is 0. The van der Waals surface area contributed by atoms with E-state index in [4.69, 9.17) is 10.1 Å². The molecule has 0 unspecified atom stereocenters. The van der Waals surface area contributed by atoms with Crippen molar-refractivity contribution < 1.29 is 19.5 Å². The number of carbonyl (C=O) groups excluding carboxylic acids is 2. The van der Waals surface area contributed by atoms with Gasteiger partial charge < -0.3 is 15.3 Å². The quantitative estimate of drug-likeness (QED) is 0.591. The van der Waals surface area contributed by atoms with Crippen molar-refractivity contribution in [2.75, 3.05) is 6.54 Å². The zero-order valence-electron chi connectivity index (χ0n) is 21.3. The van der Waals surface area contributed by atoms with E-state index in [1.165, 1.54) is 0 Å². The molecular weight excluding hydrogens is 454 g/mol. The van der Waals surface area contributed by atoms with Gasteiger partial charge in [0.15, 0.2) is 0 Å². The van der Waals surface area contributed by atoms with Gasteiger partial charge in [0.25, 0.3) is 11.8 Å². The fourth-order valence-electron chi connectivity index (χ4n) is 5.29. The molecular formula is C29H35N3O4. The van der Waals surface area contributed by atoms with Gasteiger partial charge in [-0.15, -0.1) is 0 Å². The second kappa shape index (κ2) is 10.2. The molecule has 1 spiro atoms. The van der Waals surface area contributed by atoms with Crippen LogP contribution in [0, 0.1) is 11.3 Å². The number of aliphatic carboxylic acids is 1. The third-order valence-corrected chi connectivity index (χ3v) is 7.51. The van der Waals surface area contributed by atoms with Crippen LogP contribution in [-0.2, 0) is 16.1 Å². The molecule has 2 amide bonds. The summed E-state index contributed by atoms with van der Waals surface area (Å²) in [5, 5.41) is 11.4. The Bertz CT molecular complexity index is 1140. The zero-order chi connectivity index (χ0) is 25.9. The van der Waals surface area contributed by atoms with Gasteiger partial charge in [-0.1, -0.05) is 63.2 Å². The van der Waals surface area contributed by atoms with Crippen LogP contribution in [0.4, 0.5) is 0 Å². The van der Waals surface area contributed by atoms with Gasteiger partial charge in [0.2, 0.25) is 0 Å². The molecule has 4 rings (SSSR count). The third kappa shape index (κ3) is 5.50. The number of hydrogen-bond donors (Lipinski definition) is 2. The van der Waals surface area contributed by atoms with Crippen molar-refractivity contribution in [3.63, 3.8) is 0 Å². The summed E-state index contributed by atoms with van der Waals surface area (Å²) in [4.78, 5) is 43.7. The van der Waals surface area contributed by atoms with Crippen molar-refractivity contribution in [1.29, 1.82) is 0 Å². The predicted octanol–water partition coefficient (Wildman–Crippen LogP) is 4.66. The summed E-state index contributed by atoms with van der Waals surface area (Å²) in [5.41, 5.74) is 2.43. The van der Waals surface area contributed by atoms with E-state index in [0.29, 0.717) is 23.7 Å². The van der Waals surface area contributed by atoms with E-state index in [1.54, 1.807) is 12.1 Å². The Morgan fingerprint density at radius 1 is 1.06 bits per heavy atom. The molecule has 190 valence electrons. The summed E-state index contributed by atoms with van der Waals surface area (Å²) < 4.78 is 0. The molecule has 2 aromatic carbocycles. The summed E-state index contributed by atoms with van der Waals surface area (Å²) in [6.07, 6.45) is 3.59. The number of carboxylic acids is 1. The first kappa shape index (κ1) is 25.6. The highest BCUT2D eigenvalue weighted by Crippen LogP contribution is 2.47. The molecule has 0 bridgehead atoms. The first-order valence-electron chi connectivity index (χ1n) is 12.7. The van der Waals surface area contributed by atoms with Gasteiger partial charge in [-0.05, 0) is 54.7 Å².